The molecule has 0 amide bonds. The van der Waals surface area contributed by atoms with E-state index in [9.17, 15) is 0 Å². The summed E-state index contributed by atoms with van der Waals surface area (Å²) in [5.41, 5.74) is 9.97. The largest absolute Gasteiger partial charge is 0.329 e. The van der Waals surface area contributed by atoms with Gasteiger partial charge in [0.15, 0.2) is 0 Å². The molecule has 2 heteroatoms. The molecule has 18 heavy (non-hydrogen) atoms. The second-order valence-corrected chi connectivity index (χ2v) is 5.62. The van der Waals surface area contributed by atoms with Crippen LogP contribution in [-0.4, -0.2) is 24.0 Å². The molecular weight excluding hydrogens is 220 g/mol. The Bertz CT molecular complexity index is 381. The molecule has 0 unspecified atom stereocenters. The van der Waals surface area contributed by atoms with Crippen LogP contribution in [0.25, 0.3) is 0 Å². The van der Waals surface area contributed by atoms with E-state index in [0.717, 1.165) is 25.7 Å². The number of hydrogen-bond acceptors (Lipinski definition) is 2. The van der Waals surface area contributed by atoms with Crippen LogP contribution in [0, 0.1) is 13.8 Å². The van der Waals surface area contributed by atoms with Crippen molar-refractivity contribution < 1.29 is 0 Å². The fraction of sp³-hybridized carbons (Fsp3) is 0.625. The third kappa shape index (κ3) is 3.33. The monoisotopic (exact) mass is 246 g/mol. The van der Waals surface area contributed by atoms with Gasteiger partial charge in [0.25, 0.3) is 0 Å². The van der Waals surface area contributed by atoms with Crippen molar-refractivity contribution in [2.75, 3.05) is 13.1 Å². The Morgan fingerprint density at radius 1 is 1.17 bits per heavy atom. The van der Waals surface area contributed by atoms with Crippen LogP contribution in [0.1, 0.15) is 42.4 Å². The lowest BCUT2D eigenvalue weighted by Gasteiger charge is -2.28. The summed E-state index contributed by atoms with van der Waals surface area (Å²) in [5.74, 6) is 0. The van der Waals surface area contributed by atoms with Crippen molar-refractivity contribution in [1.82, 2.24) is 4.90 Å². The highest BCUT2D eigenvalue weighted by atomic mass is 15.2. The van der Waals surface area contributed by atoms with Crippen LogP contribution in [0.15, 0.2) is 18.2 Å². The third-order valence-electron chi connectivity index (χ3n) is 4.21. The second kappa shape index (κ2) is 6.35. The molecule has 1 fully saturated rings. The van der Waals surface area contributed by atoms with Gasteiger partial charge in [-0.3, -0.25) is 4.90 Å². The van der Waals surface area contributed by atoms with Crippen LogP contribution in [0.4, 0.5) is 0 Å². The van der Waals surface area contributed by atoms with E-state index in [1.165, 1.54) is 42.4 Å². The third-order valence-corrected chi connectivity index (χ3v) is 4.21. The Kier molecular flexibility index (Phi) is 4.79. The first kappa shape index (κ1) is 13.6. The van der Waals surface area contributed by atoms with Crippen LogP contribution < -0.4 is 5.73 Å². The molecule has 2 rings (SSSR count). The molecule has 0 bridgehead atoms. The van der Waals surface area contributed by atoms with Gasteiger partial charge in [-0.15, -0.1) is 0 Å². The SMILES string of the molecule is Cc1ccc(CN(CCN)C2CCCC2)cc1C. The zero-order valence-corrected chi connectivity index (χ0v) is 11.8. The van der Waals surface area contributed by atoms with Gasteiger partial charge in [0.2, 0.25) is 0 Å². The maximum Gasteiger partial charge on any atom is 0.0237 e. The average Bonchev–Trinajstić information content (AvgIpc) is 2.87. The van der Waals surface area contributed by atoms with Crippen LogP contribution in [0.5, 0.6) is 0 Å². The van der Waals surface area contributed by atoms with Crippen LogP contribution in [-0.2, 0) is 6.54 Å². The molecule has 2 N–H and O–H groups in total. The molecule has 0 saturated heterocycles. The molecule has 1 saturated carbocycles. The first-order valence-corrected chi connectivity index (χ1v) is 7.21. The maximum absolute atomic E-state index is 5.76. The highest BCUT2D eigenvalue weighted by molar-refractivity contribution is 5.29. The zero-order chi connectivity index (χ0) is 13.0. The predicted octanol–water partition coefficient (Wildman–Crippen LogP) is 3.01. The first-order chi connectivity index (χ1) is 8.70. The molecule has 0 atom stereocenters. The van der Waals surface area contributed by atoms with Gasteiger partial charge < -0.3 is 5.73 Å². The van der Waals surface area contributed by atoms with Gasteiger partial charge in [0.05, 0.1) is 0 Å². The van der Waals surface area contributed by atoms with Gasteiger partial charge in [0.1, 0.15) is 0 Å². The van der Waals surface area contributed by atoms with Gasteiger partial charge in [-0.1, -0.05) is 31.0 Å². The smallest absolute Gasteiger partial charge is 0.0237 e. The van der Waals surface area contributed by atoms with E-state index in [0.29, 0.717) is 0 Å². The molecule has 100 valence electrons. The lowest BCUT2D eigenvalue weighted by atomic mass is 10.1. The Morgan fingerprint density at radius 2 is 1.89 bits per heavy atom. The van der Waals surface area contributed by atoms with Crippen molar-refractivity contribution in [1.29, 1.82) is 0 Å². The molecule has 1 aliphatic carbocycles. The van der Waals surface area contributed by atoms with Gasteiger partial charge in [-0.2, -0.15) is 0 Å². The standard InChI is InChI=1S/C16H26N2/c1-13-7-8-15(11-14(13)2)12-18(10-9-17)16-5-3-4-6-16/h7-8,11,16H,3-6,9-10,12,17H2,1-2H3. The minimum absolute atomic E-state index is 0.759. The number of aryl methyl sites for hydroxylation is 2. The number of nitrogens with zero attached hydrogens (tertiary/aromatic N) is 1. The summed E-state index contributed by atoms with van der Waals surface area (Å²) in [5, 5.41) is 0. The fourth-order valence-electron chi connectivity index (χ4n) is 2.96. The summed E-state index contributed by atoms with van der Waals surface area (Å²) in [6, 6.07) is 7.59. The normalized spacial score (nSPS) is 16.7. The lowest BCUT2D eigenvalue weighted by molar-refractivity contribution is 0.195. The van der Waals surface area contributed by atoms with Gasteiger partial charge >= 0.3 is 0 Å². The van der Waals surface area contributed by atoms with E-state index < -0.39 is 0 Å². The Labute approximate surface area is 111 Å². The van der Waals surface area contributed by atoms with Crippen LogP contribution in [0.3, 0.4) is 0 Å². The van der Waals surface area contributed by atoms with E-state index >= 15 is 0 Å². The first-order valence-electron chi connectivity index (χ1n) is 7.21. The molecule has 1 aromatic carbocycles. The van der Waals surface area contributed by atoms with Gasteiger partial charge in [-0.05, 0) is 43.4 Å². The summed E-state index contributed by atoms with van der Waals surface area (Å²) in [6.07, 6.45) is 5.48. The summed E-state index contributed by atoms with van der Waals surface area (Å²) >= 11 is 0. The van der Waals surface area contributed by atoms with E-state index in [1.54, 1.807) is 0 Å². The molecule has 0 aromatic heterocycles. The van der Waals surface area contributed by atoms with E-state index in [4.69, 9.17) is 5.73 Å². The quantitative estimate of drug-likeness (QED) is 0.865. The second-order valence-electron chi connectivity index (χ2n) is 5.62. The Balaban J connectivity index is 2.04. The zero-order valence-electron chi connectivity index (χ0n) is 11.8. The van der Waals surface area contributed by atoms with Gasteiger partial charge in [0, 0.05) is 25.7 Å². The van der Waals surface area contributed by atoms with Crippen molar-refractivity contribution in [3.8, 4) is 0 Å². The minimum Gasteiger partial charge on any atom is -0.329 e. The predicted molar refractivity (Wildman–Crippen MR) is 77.6 cm³/mol. The minimum atomic E-state index is 0.759. The van der Waals surface area contributed by atoms with Crippen LogP contribution in [0.2, 0.25) is 0 Å². The van der Waals surface area contributed by atoms with Crippen LogP contribution >= 0.6 is 0 Å². The van der Waals surface area contributed by atoms with Gasteiger partial charge in [-0.25, -0.2) is 0 Å². The van der Waals surface area contributed by atoms with E-state index in [1.807, 2.05) is 0 Å². The molecule has 0 radical (unpaired) electrons. The number of benzene rings is 1. The summed E-state index contributed by atoms with van der Waals surface area (Å²) in [6.45, 7) is 7.22. The highest BCUT2D eigenvalue weighted by Gasteiger charge is 2.21. The molecular formula is C16H26N2. The van der Waals surface area contributed by atoms with Crippen molar-refractivity contribution >= 4 is 0 Å². The molecule has 0 spiro atoms. The lowest BCUT2D eigenvalue weighted by Crippen LogP contribution is -2.36. The van der Waals surface area contributed by atoms with Crippen molar-refractivity contribution in [3.63, 3.8) is 0 Å². The molecule has 1 aromatic rings. The average molecular weight is 246 g/mol. The highest BCUT2D eigenvalue weighted by Crippen LogP contribution is 2.25. The van der Waals surface area contributed by atoms with E-state index in [2.05, 4.69) is 36.9 Å². The molecule has 1 aliphatic rings. The maximum atomic E-state index is 5.76. The molecule has 0 aliphatic heterocycles. The number of rotatable bonds is 5. The summed E-state index contributed by atoms with van der Waals surface area (Å²) in [4.78, 5) is 2.58. The fourth-order valence-corrected chi connectivity index (χ4v) is 2.96. The molecule has 0 heterocycles. The summed E-state index contributed by atoms with van der Waals surface area (Å²) in [7, 11) is 0. The Morgan fingerprint density at radius 3 is 2.50 bits per heavy atom. The van der Waals surface area contributed by atoms with Crippen molar-refractivity contribution in [2.45, 2.75) is 52.1 Å². The molecule has 2 nitrogen and oxygen atoms in total. The number of hydrogen-bond donors (Lipinski definition) is 1. The number of nitrogens with two attached hydrogens (primary N) is 1. The van der Waals surface area contributed by atoms with Crippen molar-refractivity contribution in [3.05, 3.63) is 34.9 Å². The summed E-state index contributed by atoms with van der Waals surface area (Å²) < 4.78 is 0. The van der Waals surface area contributed by atoms with Crippen molar-refractivity contribution in [2.24, 2.45) is 5.73 Å². The Hall–Kier alpha value is -0.860. The topological polar surface area (TPSA) is 29.3 Å². The van der Waals surface area contributed by atoms with E-state index in [-0.39, 0.29) is 0 Å².